The number of carbonyl (C=O) groups is 1. The minimum atomic E-state index is -0.820. The first kappa shape index (κ1) is 37.5. The predicted octanol–water partition coefficient (Wildman–Crippen LogP) is 6.07. The standard InChI is InChI=1S/C42H43N3O9/c1-44-40-36(41(47)45(2)42(44)48)34(27-21-32(51-5)39(54-8)33(22-27)52-6)35(37(43-40)25-17-13-10-14-18-25)28(23-29(46)24-15-11-9-12-16-24)26-19-30(49-3)38(53-7)31(20-26)50-4/h9-22,28,34-35H,23H2,1-8H3. The molecule has 0 saturated carbocycles. The molecule has 1 aliphatic rings. The van der Waals surface area contributed by atoms with E-state index in [1.54, 1.807) is 31.3 Å². The molecule has 12 nitrogen and oxygen atoms in total. The van der Waals surface area contributed by atoms with Crippen LogP contribution >= 0.6 is 0 Å². The molecule has 0 saturated heterocycles. The molecule has 1 aliphatic heterocycles. The van der Waals surface area contributed by atoms with Gasteiger partial charge >= 0.3 is 5.69 Å². The minimum absolute atomic E-state index is 0.0124. The first-order valence-corrected chi connectivity index (χ1v) is 17.2. The lowest BCUT2D eigenvalue weighted by atomic mass is 9.66. The molecular weight excluding hydrogens is 690 g/mol. The van der Waals surface area contributed by atoms with E-state index >= 15 is 0 Å². The van der Waals surface area contributed by atoms with Crippen molar-refractivity contribution in [2.24, 2.45) is 25.0 Å². The summed E-state index contributed by atoms with van der Waals surface area (Å²) < 4.78 is 37.1. The van der Waals surface area contributed by atoms with Gasteiger partial charge in [0.05, 0.1) is 53.9 Å². The van der Waals surface area contributed by atoms with Gasteiger partial charge in [0.25, 0.3) is 5.56 Å². The van der Waals surface area contributed by atoms with Crippen molar-refractivity contribution in [1.29, 1.82) is 0 Å². The normalized spacial score (nSPS) is 15.4. The summed E-state index contributed by atoms with van der Waals surface area (Å²) in [5.74, 6) is 0.105. The van der Waals surface area contributed by atoms with Gasteiger partial charge in [0.15, 0.2) is 28.8 Å². The molecule has 12 heteroatoms. The number of Topliss-reactive ketones (excluding diaryl/α,β-unsaturated/α-hetero) is 1. The molecule has 5 aromatic rings. The van der Waals surface area contributed by atoms with Crippen LogP contribution in [0.4, 0.5) is 5.82 Å². The molecule has 54 heavy (non-hydrogen) atoms. The molecule has 280 valence electrons. The van der Waals surface area contributed by atoms with E-state index < -0.39 is 29.0 Å². The van der Waals surface area contributed by atoms with Crippen LogP contribution in [0.1, 0.15) is 50.9 Å². The van der Waals surface area contributed by atoms with E-state index in [0.717, 1.165) is 10.1 Å². The maximum atomic E-state index is 14.5. The van der Waals surface area contributed by atoms with Crippen molar-refractivity contribution in [3.8, 4) is 34.5 Å². The summed E-state index contributed by atoms with van der Waals surface area (Å²) in [7, 11) is 12.2. The third-order valence-electron chi connectivity index (χ3n) is 10.0. The first-order chi connectivity index (χ1) is 26.1. The summed E-state index contributed by atoms with van der Waals surface area (Å²) in [4.78, 5) is 47.7. The molecule has 0 bridgehead atoms. The summed E-state index contributed by atoms with van der Waals surface area (Å²) in [6.45, 7) is 0. The Kier molecular flexibility index (Phi) is 10.9. The van der Waals surface area contributed by atoms with Gasteiger partial charge in [0.2, 0.25) is 11.5 Å². The van der Waals surface area contributed by atoms with Gasteiger partial charge in [-0.2, -0.15) is 0 Å². The molecule has 1 aromatic heterocycles. The van der Waals surface area contributed by atoms with E-state index in [1.807, 2.05) is 60.7 Å². The van der Waals surface area contributed by atoms with Crippen LogP contribution in [0.15, 0.2) is 99.5 Å². The fourth-order valence-electron chi connectivity index (χ4n) is 7.45. The van der Waals surface area contributed by atoms with Crippen LogP contribution in [-0.4, -0.2) is 63.3 Å². The minimum Gasteiger partial charge on any atom is -0.493 e. The van der Waals surface area contributed by atoms with Crippen molar-refractivity contribution < 1.29 is 33.2 Å². The zero-order valence-electron chi connectivity index (χ0n) is 31.5. The Labute approximate surface area is 313 Å². The van der Waals surface area contributed by atoms with E-state index in [1.165, 1.54) is 54.3 Å². The summed E-state index contributed by atoms with van der Waals surface area (Å²) in [6, 6.07) is 25.8. The Hall–Kier alpha value is -6.30. The Balaban J connectivity index is 1.78. The van der Waals surface area contributed by atoms with Crippen LogP contribution in [0.25, 0.3) is 0 Å². The summed E-state index contributed by atoms with van der Waals surface area (Å²) in [5, 5.41) is 0. The maximum Gasteiger partial charge on any atom is 0.332 e. The lowest BCUT2D eigenvalue weighted by Gasteiger charge is -2.39. The number of rotatable bonds is 13. The highest BCUT2D eigenvalue weighted by atomic mass is 16.5. The number of aliphatic imine (C=N–C) groups is 1. The Morgan fingerprint density at radius 1 is 0.685 bits per heavy atom. The van der Waals surface area contributed by atoms with Crippen LogP contribution in [0, 0.1) is 5.92 Å². The van der Waals surface area contributed by atoms with Gasteiger partial charge in [-0.25, -0.2) is 9.79 Å². The van der Waals surface area contributed by atoms with Crippen molar-refractivity contribution in [1.82, 2.24) is 9.13 Å². The van der Waals surface area contributed by atoms with E-state index in [9.17, 15) is 14.4 Å². The maximum absolute atomic E-state index is 14.5. The molecule has 2 heterocycles. The molecule has 6 rings (SSSR count). The van der Waals surface area contributed by atoms with Crippen molar-refractivity contribution in [3.63, 3.8) is 0 Å². The molecule has 0 N–H and O–H groups in total. The highest BCUT2D eigenvalue weighted by molar-refractivity contribution is 6.07. The lowest BCUT2D eigenvalue weighted by Crippen LogP contribution is -2.44. The number of fused-ring (bicyclic) bond motifs is 1. The number of nitrogens with zero attached hydrogens (tertiary/aromatic N) is 3. The SMILES string of the molecule is COc1cc(C(CC(=O)c2ccccc2)C2C(c3ccccc3)=Nc3c(c(=O)n(C)c(=O)n3C)C2c2cc(OC)c(OC)c(OC)c2)cc(OC)c1OC. The molecule has 0 radical (unpaired) electrons. The fraction of sp³-hybridized carbons (Fsp3) is 0.286. The van der Waals surface area contributed by atoms with E-state index in [-0.39, 0.29) is 23.6 Å². The van der Waals surface area contributed by atoms with Crippen LogP contribution < -0.4 is 39.7 Å². The van der Waals surface area contributed by atoms with E-state index in [0.29, 0.717) is 56.9 Å². The third kappa shape index (κ3) is 6.59. The largest absolute Gasteiger partial charge is 0.493 e. The zero-order chi connectivity index (χ0) is 38.7. The number of aromatic nitrogens is 2. The number of ether oxygens (including phenoxy) is 6. The summed E-state index contributed by atoms with van der Waals surface area (Å²) in [6.07, 6.45) is -0.0124. The van der Waals surface area contributed by atoms with Crippen LogP contribution in [0.2, 0.25) is 0 Å². The number of hydrogen-bond donors (Lipinski definition) is 0. The number of hydrogen-bond acceptors (Lipinski definition) is 10. The monoisotopic (exact) mass is 733 g/mol. The van der Waals surface area contributed by atoms with Crippen LogP contribution in [0.5, 0.6) is 34.5 Å². The zero-order valence-corrected chi connectivity index (χ0v) is 31.5. The Morgan fingerprint density at radius 2 is 1.19 bits per heavy atom. The summed E-state index contributed by atoms with van der Waals surface area (Å²) >= 11 is 0. The van der Waals surface area contributed by atoms with Crippen molar-refractivity contribution >= 4 is 17.3 Å². The molecular formula is C42H43N3O9. The molecule has 3 unspecified atom stereocenters. The van der Waals surface area contributed by atoms with Crippen molar-refractivity contribution in [2.45, 2.75) is 18.3 Å². The summed E-state index contributed by atoms with van der Waals surface area (Å²) in [5.41, 5.74) is 2.32. The molecule has 0 spiro atoms. The van der Waals surface area contributed by atoms with Gasteiger partial charge in [0.1, 0.15) is 5.82 Å². The topological polar surface area (TPSA) is 129 Å². The van der Waals surface area contributed by atoms with Crippen molar-refractivity contribution in [2.75, 3.05) is 42.7 Å². The smallest absolute Gasteiger partial charge is 0.332 e. The fourth-order valence-corrected chi connectivity index (χ4v) is 7.45. The third-order valence-corrected chi connectivity index (χ3v) is 10.0. The second-order valence-electron chi connectivity index (χ2n) is 12.8. The average Bonchev–Trinajstić information content (AvgIpc) is 3.22. The highest BCUT2D eigenvalue weighted by Crippen LogP contribution is 2.53. The lowest BCUT2D eigenvalue weighted by molar-refractivity contribution is 0.0967. The molecule has 0 fully saturated rings. The Bertz CT molecular complexity index is 2280. The molecule has 0 amide bonds. The first-order valence-electron chi connectivity index (χ1n) is 17.2. The van der Waals surface area contributed by atoms with Crippen LogP contribution in [0.3, 0.4) is 0 Å². The number of benzene rings is 4. The van der Waals surface area contributed by atoms with Gasteiger partial charge in [-0.05, 0) is 41.0 Å². The number of carbonyl (C=O) groups excluding carboxylic acids is 1. The average molecular weight is 734 g/mol. The van der Waals surface area contributed by atoms with E-state index in [4.69, 9.17) is 33.4 Å². The number of ketones is 1. The second kappa shape index (κ2) is 15.7. The number of methoxy groups -OCH3 is 6. The van der Waals surface area contributed by atoms with Gasteiger partial charge in [0, 0.05) is 43.8 Å². The van der Waals surface area contributed by atoms with E-state index in [2.05, 4.69) is 0 Å². The van der Waals surface area contributed by atoms with Gasteiger partial charge < -0.3 is 28.4 Å². The van der Waals surface area contributed by atoms with Gasteiger partial charge in [-0.3, -0.25) is 18.7 Å². The van der Waals surface area contributed by atoms with Crippen LogP contribution in [-0.2, 0) is 14.1 Å². The molecule has 0 aliphatic carbocycles. The van der Waals surface area contributed by atoms with Gasteiger partial charge in [-0.15, -0.1) is 0 Å². The Morgan fingerprint density at radius 3 is 1.69 bits per heavy atom. The quantitative estimate of drug-likeness (QED) is 0.132. The second-order valence-corrected chi connectivity index (χ2v) is 12.8. The van der Waals surface area contributed by atoms with Crippen molar-refractivity contribution in [3.05, 3.63) is 134 Å². The van der Waals surface area contributed by atoms with Gasteiger partial charge in [-0.1, -0.05) is 60.7 Å². The molecule has 3 atom stereocenters. The molecule has 4 aromatic carbocycles. The predicted molar refractivity (Wildman–Crippen MR) is 205 cm³/mol. The highest BCUT2D eigenvalue weighted by Gasteiger charge is 2.45.